The van der Waals surface area contributed by atoms with Crippen molar-refractivity contribution in [2.75, 3.05) is 0 Å². The van der Waals surface area contributed by atoms with Gasteiger partial charge >= 0.3 is 0 Å². The zero-order chi connectivity index (χ0) is 14.9. The zero-order valence-electron chi connectivity index (χ0n) is 11.3. The summed E-state index contributed by atoms with van der Waals surface area (Å²) in [6, 6.07) is 4.36. The summed E-state index contributed by atoms with van der Waals surface area (Å²) in [5, 5.41) is 0.894. The van der Waals surface area contributed by atoms with Crippen molar-refractivity contribution in [3.63, 3.8) is 0 Å². The number of aryl methyl sites for hydroxylation is 2. The summed E-state index contributed by atoms with van der Waals surface area (Å²) < 4.78 is 39.8. The van der Waals surface area contributed by atoms with Gasteiger partial charge in [-0.1, -0.05) is 0 Å². The fourth-order valence-electron chi connectivity index (χ4n) is 1.92. The lowest BCUT2D eigenvalue weighted by Gasteiger charge is -2.13. The maximum absolute atomic E-state index is 12.8. The van der Waals surface area contributed by atoms with Gasteiger partial charge in [0.25, 0.3) is 0 Å². The van der Waals surface area contributed by atoms with Crippen molar-refractivity contribution in [1.29, 1.82) is 0 Å². The van der Waals surface area contributed by atoms with E-state index in [0.717, 1.165) is 27.7 Å². The molecule has 2 aromatic rings. The lowest BCUT2D eigenvalue weighted by Crippen LogP contribution is -2.26. The Morgan fingerprint density at radius 1 is 1.25 bits per heavy atom. The molecular weight excluding hydrogens is 299 g/mol. The van der Waals surface area contributed by atoms with Gasteiger partial charge in [-0.05, 0) is 45.0 Å². The van der Waals surface area contributed by atoms with Gasteiger partial charge in [0, 0.05) is 4.88 Å². The van der Waals surface area contributed by atoms with Gasteiger partial charge in [-0.25, -0.2) is 22.5 Å². The van der Waals surface area contributed by atoms with E-state index >= 15 is 0 Å². The van der Waals surface area contributed by atoms with Crippen LogP contribution >= 0.6 is 11.3 Å². The topological polar surface area (TPSA) is 59.1 Å². The third kappa shape index (κ3) is 3.23. The zero-order valence-corrected chi connectivity index (χ0v) is 13.0. The van der Waals surface area contributed by atoms with Crippen LogP contribution in [0.4, 0.5) is 4.39 Å². The first-order valence-electron chi connectivity index (χ1n) is 6.01. The van der Waals surface area contributed by atoms with E-state index in [1.807, 2.05) is 13.8 Å². The van der Waals surface area contributed by atoms with E-state index < -0.39 is 15.8 Å². The first kappa shape index (κ1) is 15.1. The van der Waals surface area contributed by atoms with Crippen LogP contribution in [-0.4, -0.2) is 13.4 Å². The highest BCUT2D eigenvalue weighted by Crippen LogP contribution is 2.25. The van der Waals surface area contributed by atoms with Crippen molar-refractivity contribution in [3.8, 4) is 0 Å². The number of thiazole rings is 1. The van der Waals surface area contributed by atoms with E-state index in [2.05, 4.69) is 9.71 Å². The monoisotopic (exact) mass is 314 g/mol. The van der Waals surface area contributed by atoms with Crippen molar-refractivity contribution < 1.29 is 12.8 Å². The van der Waals surface area contributed by atoms with Crippen LogP contribution in [0, 0.1) is 19.7 Å². The molecule has 0 radical (unpaired) electrons. The molecule has 0 saturated carbocycles. The highest BCUT2D eigenvalue weighted by Gasteiger charge is 2.21. The number of sulfonamides is 1. The summed E-state index contributed by atoms with van der Waals surface area (Å²) in [5.41, 5.74) is 0.821. The average molecular weight is 314 g/mol. The van der Waals surface area contributed by atoms with Crippen LogP contribution in [0.3, 0.4) is 0 Å². The van der Waals surface area contributed by atoms with Crippen molar-refractivity contribution in [2.24, 2.45) is 0 Å². The molecule has 0 amide bonds. The molecule has 108 valence electrons. The molecule has 0 saturated heterocycles. The summed E-state index contributed by atoms with van der Waals surface area (Å²) in [6.07, 6.45) is 0. The minimum Gasteiger partial charge on any atom is -0.247 e. The number of aromatic nitrogens is 1. The highest BCUT2D eigenvalue weighted by atomic mass is 32.2. The van der Waals surface area contributed by atoms with Crippen LogP contribution in [-0.2, 0) is 10.0 Å². The molecule has 7 heteroatoms. The minimum atomic E-state index is -3.67. The number of nitrogens with zero attached hydrogens (tertiary/aromatic N) is 1. The summed E-state index contributed by atoms with van der Waals surface area (Å²) in [6.45, 7) is 5.49. The Morgan fingerprint density at radius 2 is 1.85 bits per heavy atom. The number of halogens is 1. The molecule has 0 aliphatic heterocycles. The van der Waals surface area contributed by atoms with E-state index in [1.165, 1.54) is 23.5 Å². The van der Waals surface area contributed by atoms with Gasteiger partial charge in [0.05, 0.1) is 21.6 Å². The van der Waals surface area contributed by atoms with Crippen LogP contribution in [0.2, 0.25) is 0 Å². The summed E-state index contributed by atoms with van der Waals surface area (Å²) in [7, 11) is -3.67. The molecule has 1 aromatic heterocycles. The Balaban J connectivity index is 2.24. The second-order valence-electron chi connectivity index (χ2n) is 4.48. The number of rotatable bonds is 4. The van der Waals surface area contributed by atoms with Crippen molar-refractivity contribution >= 4 is 21.4 Å². The highest BCUT2D eigenvalue weighted by molar-refractivity contribution is 7.89. The van der Waals surface area contributed by atoms with Crippen molar-refractivity contribution in [2.45, 2.75) is 31.7 Å². The largest absolute Gasteiger partial charge is 0.247 e. The van der Waals surface area contributed by atoms with Crippen LogP contribution in [0.25, 0.3) is 0 Å². The molecule has 2 rings (SSSR count). The third-order valence-electron chi connectivity index (χ3n) is 2.79. The van der Waals surface area contributed by atoms with E-state index in [1.54, 1.807) is 6.92 Å². The van der Waals surface area contributed by atoms with Gasteiger partial charge in [0.2, 0.25) is 10.0 Å². The molecule has 1 unspecified atom stereocenters. The van der Waals surface area contributed by atoms with E-state index in [0.29, 0.717) is 0 Å². The maximum atomic E-state index is 12.8. The van der Waals surface area contributed by atoms with Gasteiger partial charge in [-0.3, -0.25) is 0 Å². The fraction of sp³-hybridized carbons (Fsp3) is 0.308. The predicted octanol–water partition coefficient (Wildman–Crippen LogP) is 2.94. The van der Waals surface area contributed by atoms with Crippen LogP contribution < -0.4 is 4.72 Å². The Hall–Kier alpha value is -1.31. The summed E-state index contributed by atoms with van der Waals surface area (Å²) in [4.78, 5) is 5.21. The summed E-state index contributed by atoms with van der Waals surface area (Å²) >= 11 is 1.46. The van der Waals surface area contributed by atoms with Gasteiger partial charge in [-0.2, -0.15) is 0 Å². The Labute approximate surface area is 121 Å². The molecule has 0 bridgehead atoms. The quantitative estimate of drug-likeness (QED) is 0.944. The van der Waals surface area contributed by atoms with Gasteiger partial charge in [-0.15, -0.1) is 11.3 Å². The molecule has 20 heavy (non-hydrogen) atoms. The summed E-state index contributed by atoms with van der Waals surface area (Å²) in [5.74, 6) is -0.467. The molecule has 0 aliphatic carbocycles. The smallest absolute Gasteiger partial charge is 0.241 e. The molecular formula is C13H15FN2O2S2. The number of hydrogen-bond donors (Lipinski definition) is 1. The molecule has 1 heterocycles. The van der Waals surface area contributed by atoms with Crippen LogP contribution in [0.5, 0.6) is 0 Å². The second kappa shape index (κ2) is 5.59. The Bertz CT molecular complexity index is 708. The molecule has 0 spiro atoms. The van der Waals surface area contributed by atoms with E-state index in [4.69, 9.17) is 0 Å². The average Bonchev–Trinajstić information content (AvgIpc) is 2.68. The predicted molar refractivity (Wildman–Crippen MR) is 76.7 cm³/mol. The molecule has 4 nitrogen and oxygen atoms in total. The molecule has 0 fully saturated rings. The molecule has 1 atom stereocenters. The third-order valence-corrected chi connectivity index (χ3v) is 5.60. The first-order valence-corrected chi connectivity index (χ1v) is 8.31. The first-order chi connectivity index (χ1) is 9.29. The lowest BCUT2D eigenvalue weighted by molar-refractivity contribution is 0.567. The minimum absolute atomic E-state index is 0.0460. The second-order valence-corrected chi connectivity index (χ2v) is 7.43. The van der Waals surface area contributed by atoms with Crippen molar-refractivity contribution in [1.82, 2.24) is 9.71 Å². The van der Waals surface area contributed by atoms with Gasteiger partial charge < -0.3 is 0 Å². The van der Waals surface area contributed by atoms with Gasteiger partial charge in [0.1, 0.15) is 5.82 Å². The molecule has 1 N–H and O–H groups in total. The Morgan fingerprint density at radius 3 is 2.35 bits per heavy atom. The number of hydrogen-bond acceptors (Lipinski definition) is 4. The van der Waals surface area contributed by atoms with Crippen LogP contribution in [0.15, 0.2) is 29.2 Å². The van der Waals surface area contributed by atoms with E-state index in [-0.39, 0.29) is 10.9 Å². The number of benzene rings is 1. The SMILES string of the molecule is Cc1nc(C)c(C(C)NS(=O)(=O)c2ccc(F)cc2)s1. The number of nitrogens with one attached hydrogen (secondary N) is 1. The fourth-order valence-corrected chi connectivity index (χ4v) is 4.14. The normalized spacial score (nSPS) is 13.4. The van der Waals surface area contributed by atoms with E-state index in [9.17, 15) is 12.8 Å². The maximum Gasteiger partial charge on any atom is 0.241 e. The lowest BCUT2D eigenvalue weighted by atomic mass is 10.2. The van der Waals surface area contributed by atoms with Gasteiger partial charge in [0.15, 0.2) is 0 Å². The standard InChI is InChI=1S/C13H15FN2O2S2/c1-8-13(19-10(3)15-8)9(2)16-20(17,18)12-6-4-11(14)5-7-12/h4-7,9,16H,1-3H3. The molecule has 1 aromatic carbocycles. The molecule has 0 aliphatic rings. The van der Waals surface area contributed by atoms with Crippen molar-refractivity contribution in [3.05, 3.63) is 45.7 Å². The Kier molecular flexibility index (Phi) is 4.22. The van der Waals surface area contributed by atoms with Crippen LogP contribution in [0.1, 0.15) is 28.5 Å².